The third-order valence-corrected chi connectivity index (χ3v) is 6.77. The van der Waals surface area contributed by atoms with Crippen LogP contribution in [0.25, 0.3) is 0 Å². The van der Waals surface area contributed by atoms with Gasteiger partial charge in [0.1, 0.15) is 23.0 Å². The maximum Gasteiger partial charge on any atom is 0.151 e. The molecule has 5 heteroatoms. The van der Waals surface area contributed by atoms with E-state index in [9.17, 15) is 15.3 Å². The highest BCUT2D eigenvalue weighted by Gasteiger charge is 2.23. The first kappa shape index (κ1) is 24.0. The number of aromatic hydroxyl groups is 3. The summed E-state index contributed by atoms with van der Waals surface area (Å²) in [5.74, 6) is 1.78. The van der Waals surface area contributed by atoms with Gasteiger partial charge in [-0.3, -0.25) is 0 Å². The molecule has 0 saturated heterocycles. The van der Waals surface area contributed by atoms with Crippen molar-refractivity contribution < 1.29 is 20.1 Å². The number of hydrogen-bond donors (Lipinski definition) is 3. The van der Waals surface area contributed by atoms with Gasteiger partial charge in [0.2, 0.25) is 0 Å². The fourth-order valence-electron chi connectivity index (χ4n) is 4.24. The quantitative estimate of drug-likeness (QED) is 0.277. The summed E-state index contributed by atoms with van der Waals surface area (Å²) in [4.78, 5) is 2.02. The van der Waals surface area contributed by atoms with Crippen molar-refractivity contribution in [2.24, 2.45) is 0 Å². The van der Waals surface area contributed by atoms with Gasteiger partial charge in [0.25, 0.3) is 0 Å². The molecule has 0 fully saturated rings. The van der Waals surface area contributed by atoms with Crippen molar-refractivity contribution in [2.75, 3.05) is 4.90 Å². The first-order valence-electron chi connectivity index (χ1n) is 11.5. The Morgan fingerprint density at radius 3 is 1.66 bits per heavy atom. The largest absolute Gasteiger partial charge is 0.508 e. The Kier molecular flexibility index (Phi) is 6.35. The van der Waals surface area contributed by atoms with Crippen LogP contribution in [-0.4, -0.2) is 15.3 Å². The molecular formula is C30H31NO4. The van der Waals surface area contributed by atoms with Gasteiger partial charge in [-0.05, 0) is 111 Å². The molecule has 0 spiro atoms. The van der Waals surface area contributed by atoms with Crippen molar-refractivity contribution in [3.05, 3.63) is 94.0 Å². The number of anilines is 3. The van der Waals surface area contributed by atoms with Crippen molar-refractivity contribution in [2.45, 2.75) is 41.5 Å². The molecule has 35 heavy (non-hydrogen) atoms. The van der Waals surface area contributed by atoms with Gasteiger partial charge < -0.3 is 25.0 Å². The fourth-order valence-corrected chi connectivity index (χ4v) is 4.24. The Balaban J connectivity index is 1.99. The van der Waals surface area contributed by atoms with Crippen LogP contribution in [0.1, 0.15) is 33.4 Å². The Bertz CT molecular complexity index is 1370. The number of rotatable bonds is 5. The molecule has 180 valence electrons. The normalized spacial score (nSPS) is 10.9. The van der Waals surface area contributed by atoms with Crippen LogP contribution < -0.4 is 9.64 Å². The van der Waals surface area contributed by atoms with Gasteiger partial charge in [-0.2, -0.15) is 0 Å². The number of phenols is 3. The van der Waals surface area contributed by atoms with E-state index in [0.717, 1.165) is 50.4 Å². The number of hydrogen-bond acceptors (Lipinski definition) is 5. The summed E-state index contributed by atoms with van der Waals surface area (Å²) in [5.41, 5.74) is 7.81. The van der Waals surface area contributed by atoms with E-state index >= 15 is 0 Å². The maximum atomic E-state index is 10.5. The summed E-state index contributed by atoms with van der Waals surface area (Å²) < 4.78 is 6.42. The minimum atomic E-state index is 0.158. The summed E-state index contributed by atoms with van der Waals surface area (Å²) in [7, 11) is 0. The number of nitrogens with zero attached hydrogens (tertiary/aromatic N) is 1. The zero-order valence-electron chi connectivity index (χ0n) is 21.0. The molecule has 0 atom stereocenters. The minimum Gasteiger partial charge on any atom is -0.508 e. The lowest BCUT2D eigenvalue weighted by Crippen LogP contribution is -2.14. The molecule has 0 aliphatic carbocycles. The topological polar surface area (TPSA) is 73.2 Å². The molecular weight excluding hydrogens is 438 g/mol. The standard InChI is InChI=1S/C30H31NO4/c1-17-13-23(32)15-26(19(17)3)31(27-16-24(33)14-18(2)20(27)4)25-9-7-8-10-30(25)35-29-12-11-28(34)21(5)22(29)6/h7-16,32-34H,1-6H3. The molecule has 0 aliphatic rings. The van der Waals surface area contributed by atoms with Gasteiger partial charge in [0.05, 0.1) is 17.1 Å². The van der Waals surface area contributed by atoms with E-state index in [1.807, 2.05) is 70.7 Å². The monoisotopic (exact) mass is 469 g/mol. The molecule has 0 unspecified atom stereocenters. The summed E-state index contributed by atoms with van der Waals surface area (Å²) in [5, 5.41) is 31.1. The Morgan fingerprint density at radius 2 is 1.09 bits per heavy atom. The summed E-state index contributed by atoms with van der Waals surface area (Å²) in [6.07, 6.45) is 0. The van der Waals surface area contributed by atoms with Gasteiger partial charge in [-0.15, -0.1) is 0 Å². The lowest BCUT2D eigenvalue weighted by molar-refractivity contribution is 0.458. The van der Waals surface area contributed by atoms with Gasteiger partial charge in [0.15, 0.2) is 5.75 Å². The molecule has 4 rings (SSSR count). The number of benzene rings is 4. The van der Waals surface area contributed by atoms with Crippen molar-refractivity contribution in [3.63, 3.8) is 0 Å². The van der Waals surface area contributed by atoms with Crippen LogP contribution in [0.4, 0.5) is 17.1 Å². The Hall–Kier alpha value is -4.12. The highest BCUT2D eigenvalue weighted by Crippen LogP contribution is 2.47. The number of aryl methyl sites for hydroxylation is 2. The smallest absolute Gasteiger partial charge is 0.151 e. The zero-order valence-corrected chi connectivity index (χ0v) is 21.0. The van der Waals surface area contributed by atoms with Crippen molar-refractivity contribution in [1.29, 1.82) is 0 Å². The van der Waals surface area contributed by atoms with Crippen molar-refractivity contribution >= 4 is 17.1 Å². The highest BCUT2D eigenvalue weighted by atomic mass is 16.5. The van der Waals surface area contributed by atoms with Crippen LogP contribution in [0.3, 0.4) is 0 Å². The third kappa shape index (κ3) is 4.50. The molecule has 0 heterocycles. The summed E-state index contributed by atoms with van der Waals surface area (Å²) in [6.45, 7) is 11.7. The second-order valence-electron chi connectivity index (χ2n) is 9.05. The van der Waals surface area contributed by atoms with Gasteiger partial charge in [0, 0.05) is 12.1 Å². The molecule has 0 bridgehead atoms. The molecule has 4 aromatic carbocycles. The van der Waals surface area contributed by atoms with Gasteiger partial charge in [-0.25, -0.2) is 0 Å². The molecule has 0 aromatic heterocycles. The SMILES string of the molecule is Cc1cc(O)cc(N(c2ccccc2Oc2ccc(O)c(C)c2C)c2cc(O)cc(C)c2C)c1C. The molecule has 0 radical (unpaired) electrons. The first-order valence-corrected chi connectivity index (χ1v) is 11.5. The molecule has 0 saturated carbocycles. The average molecular weight is 470 g/mol. The van der Waals surface area contributed by atoms with E-state index < -0.39 is 0 Å². The van der Waals surface area contributed by atoms with E-state index in [4.69, 9.17) is 4.74 Å². The molecule has 0 amide bonds. The lowest BCUT2D eigenvalue weighted by atomic mass is 10.0. The van der Waals surface area contributed by atoms with Gasteiger partial charge >= 0.3 is 0 Å². The first-order chi connectivity index (χ1) is 16.6. The van der Waals surface area contributed by atoms with Gasteiger partial charge in [-0.1, -0.05) is 12.1 Å². The number of ether oxygens (including phenoxy) is 1. The fraction of sp³-hybridized carbons (Fsp3) is 0.200. The molecule has 4 aromatic rings. The highest BCUT2D eigenvalue weighted by molar-refractivity contribution is 5.85. The predicted octanol–water partition coefficient (Wildman–Crippen LogP) is 7.92. The molecule has 3 N–H and O–H groups in total. The Morgan fingerprint density at radius 1 is 0.543 bits per heavy atom. The van der Waals surface area contributed by atoms with E-state index in [1.165, 1.54) is 0 Å². The van der Waals surface area contributed by atoms with E-state index in [2.05, 4.69) is 0 Å². The van der Waals surface area contributed by atoms with Crippen LogP contribution >= 0.6 is 0 Å². The van der Waals surface area contributed by atoms with Crippen LogP contribution in [0, 0.1) is 41.5 Å². The van der Waals surface area contributed by atoms with Crippen molar-refractivity contribution in [1.82, 2.24) is 0 Å². The second kappa shape index (κ2) is 9.26. The third-order valence-electron chi connectivity index (χ3n) is 6.77. The van der Waals surface area contributed by atoms with Crippen LogP contribution in [0.5, 0.6) is 28.7 Å². The van der Waals surface area contributed by atoms with Crippen LogP contribution in [0.15, 0.2) is 60.7 Å². The van der Waals surface area contributed by atoms with E-state index in [0.29, 0.717) is 11.5 Å². The average Bonchev–Trinajstić information content (AvgIpc) is 2.81. The summed E-state index contributed by atoms with van der Waals surface area (Å²) in [6, 6.07) is 18.0. The van der Waals surface area contributed by atoms with Crippen molar-refractivity contribution in [3.8, 4) is 28.7 Å². The van der Waals surface area contributed by atoms with Crippen LogP contribution in [0.2, 0.25) is 0 Å². The van der Waals surface area contributed by atoms with E-state index in [1.54, 1.807) is 36.4 Å². The van der Waals surface area contributed by atoms with E-state index in [-0.39, 0.29) is 17.2 Å². The minimum absolute atomic E-state index is 0.158. The lowest BCUT2D eigenvalue weighted by Gasteiger charge is -2.31. The second-order valence-corrected chi connectivity index (χ2v) is 9.05. The Labute approximate surface area is 206 Å². The van der Waals surface area contributed by atoms with Crippen LogP contribution in [-0.2, 0) is 0 Å². The molecule has 5 nitrogen and oxygen atoms in total. The molecule has 0 aliphatic heterocycles. The zero-order chi connectivity index (χ0) is 25.4. The summed E-state index contributed by atoms with van der Waals surface area (Å²) >= 11 is 0. The number of para-hydroxylation sites is 2. The predicted molar refractivity (Wildman–Crippen MR) is 141 cm³/mol. The number of phenolic OH excluding ortho intramolecular Hbond substituents is 3. The maximum absolute atomic E-state index is 10.5.